The Hall–Kier alpha value is -1.28. The van der Waals surface area contributed by atoms with Crippen molar-refractivity contribution < 1.29 is 9.84 Å². The first-order chi connectivity index (χ1) is 7.17. The van der Waals surface area contributed by atoms with Crippen LogP contribution < -0.4 is 4.74 Å². The van der Waals surface area contributed by atoms with Gasteiger partial charge >= 0.3 is 0 Å². The molecule has 0 radical (unpaired) electrons. The van der Waals surface area contributed by atoms with Crippen LogP contribution >= 0.6 is 0 Å². The van der Waals surface area contributed by atoms with Crippen molar-refractivity contribution in [2.24, 2.45) is 0 Å². The van der Waals surface area contributed by atoms with Gasteiger partial charge < -0.3 is 9.84 Å². The van der Waals surface area contributed by atoms with E-state index >= 15 is 0 Å². The molecule has 1 aromatic carbocycles. The molecule has 0 aromatic heterocycles. The Morgan fingerprint density at radius 3 is 2.47 bits per heavy atom. The van der Waals surface area contributed by atoms with Gasteiger partial charge in [0.15, 0.2) is 0 Å². The quantitative estimate of drug-likeness (QED) is 0.820. The van der Waals surface area contributed by atoms with Crippen LogP contribution in [0.1, 0.15) is 25.8 Å². The summed E-state index contributed by atoms with van der Waals surface area (Å²) < 4.78 is 5.07. The molecule has 0 unspecified atom stereocenters. The maximum absolute atomic E-state index is 9.60. The Morgan fingerprint density at radius 1 is 1.40 bits per heavy atom. The van der Waals surface area contributed by atoms with E-state index in [-0.39, 0.29) is 6.10 Å². The van der Waals surface area contributed by atoms with Crippen molar-refractivity contribution in [3.05, 3.63) is 35.4 Å². The number of benzene rings is 1. The van der Waals surface area contributed by atoms with Gasteiger partial charge in [0.1, 0.15) is 5.75 Å². The van der Waals surface area contributed by atoms with Crippen LogP contribution in [0.15, 0.2) is 29.8 Å². The second kappa shape index (κ2) is 5.56. The second-order valence-electron chi connectivity index (χ2n) is 3.59. The van der Waals surface area contributed by atoms with Gasteiger partial charge in [-0.15, -0.1) is 0 Å². The van der Waals surface area contributed by atoms with Gasteiger partial charge in [-0.05, 0) is 36.6 Å². The first kappa shape index (κ1) is 11.8. The molecule has 82 valence electrons. The normalized spacial score (nSPS) is 13.7. The number of aliphatic hydroxyl groups is 1. The van der Waals surface area contributed by atoms with Crippen LogP contribution in [0.25, 0.3) is 6.08 Å². The summed E-state index contributed by atoms with van der Waals surface area (Å²) in [5.74, 6) is 0.848. The molecule has 0 heterocycles. The van der Waals surface area contributed by atoms with Crippen LogP contribution in [0.3, 0.4) is 0 Å². The minimum Gasteiger partial charge on any atom is -0.497 e. The van der Waals surface area contributed by atoms with E-state index in [4.69, 9.17) is 4.74 Å². The lowest BCUT2D eigenvalue weighted by molar-refractivity contribution is 0.208. The average molecular weight is 206 g/mol. The third-order valence-corrected chi connectivity index (χ3v) is 2.42. The molecule has 0 fully saturated rings. The Balaban J connectivity index is 2.79. The molecular formula is C13H18O2. The van der Waals surface area contributed by atoms with Gasteiger partial charge in [0, 0.05) is 0 Å². The molecule has 15 heavy (non-hydrogen) atoms. The van der Waals surface area contributed by atoms with Crippen LogP contribution in [0.2, 0.25) is 0 Å². The van der Waals surface area contributed by atoms with Gasteiger partial charge in [-0.25, -0.2) is 0 Å². The zero-order chi connectivity index (χ0) is 11.3. The van der Waals surface area contributed by atoms with Crippen LogP contribution in [0.4, 0.5) is 0 Å². The summed E-state index contributed by atoms with van der Waals surface area (Å²) in [7, 11) is 1.65. The van der Waals surface area contributed by atoms with Crippen molar-refractivity contribution in [2.45, 2.75) is 26.4 Å². The molecule has 0 saturated carbocycles. The fraction of sp³-hybridized carbons (Fsp3) is 0.385. The Morgan fingerprint density at radius 2 is 2.00 bits per heavy atom. The van der Waals surface area contributed by atoms with Crippen LogP contribution in [-0.4, -0.2) is 18.3 Å². The minimum atomic E-state index is -0.341. The number of rotatable bonds is 4. The predicted molar refractivity (Wildman–Crippen MR) is 62.9 cm³/mol. The Kier molecular flexibility index (Phi) is 4.37. The van der Waals surface area contributed by atoms with E-state index in [1.807, 2.05) is 44.2 Å². The van der Waals surface area contributed by atoms with Crippen LogP contribution in [0, 0.1) is 0 Å². The van der Waals surface area contributed by atoms with Gasteiger partial charge in [0.2, 0.25) is 0 Å². The lowest BCUT2D eigenvalue weighted by Gasteiger charge is -2.08. The van der Waals surface area contributed by atoms with Crippen LogP contribution in [-0.2, 0) is 0 Å². The monoisotopic (exact) mass is 206 g/mol. The lowest BCUT2D eigenvalue weighted by Crippen LogP contribution is -2.05. The van der Waals surface area contributed by atoms with E-state index in [1.165, 1.54) is 0 Å². The summed E-state index contributed by atoms with van der Waals surface area (Å²) in [6.07, 6.45) is 2.40. The summed E-state index contributed by atoms with van der Waals surface area (Å²) in [4.78, 5) is 0. The van der Waals surface area contributed by atoms with Crippen LogP contribution in [0.5, 0.6) is 5.75 Å². The van der Waals surface area contributed by atoms with Gasteiger partial charge in [0.05, 0.1) is 13.2 Å². The van der Waals surface area contributed by atoms with Gasteiger partial charge in [-0.3, -0.25) is 0 Å². The van der Waals surface area contributed by atoms with Gasteiger partial charge in [0.25, 0.3) is 0 Å². The van der Waals surface area contributed by atoms with Crippen molar-refractivity contribution in [2.75, 3.05) is 7.11 Å². The summed E-state index contributed by atoms with van der Waals surface area (Å²) in [6.45, 7) is 3.91. The fourth-order valence-electron chi connectivity index (χ4n) is 1.38. The highest BCUT2D eigenvalue weighted by atomic mass is 16.5. The maximum Gasteiger partial charge on any atom is 0.118 e. The molecule has 0 aliphatic carbocycles. The molecule has 0 spiro atoms. The van der Waals surface area contributed by atoms with Crippen molar-refractivity contribution >= 4 is 6.08 Å². The molecule has 2 heteroatoms. The maximum atomic E-state index is 9.60. The average Bonchev–Trinajstić information content (AvgIpc) is 2.29. The molecule has 1 aromatic rings. The molecule has 0 bridgehead atoms. The number of aliphatic hydroxyl groups excluding tert-OH is 1. The number of methoxy groups -OCH3 is 1. The highest BCUT2D eigenvalue weighted by Gasteiger charge is 2.02. The highest BCUT2D eigenvalue weighted by Crippen LogP contribution is 2.15. The smallest absolute Gasteiger partial charge is 0.118 e. The van der Waals surface area contributed by atoms with Crippen molar-refractivity contribution in [1.82, 2.24) is 0 Å². The molecule has 0 aliphatic rings. The van der Waals surface area contributed by atoms with E-state index in [2.05, 4.69) is 0 Å². The third-order valence-electron chi connectivity index (χ3n) is 2.42. The SMILES string of the molecule is CC[C@@H](O)/C(C)=C/c1ccc(OC)cc1. The molecular weight excluding hydrogens is 188 g/mol. The first-order valence-corrected chi connectivity index (χ1v) is 5.17. The second-order valence-corrected chi connectivity index (χ2v) is 3.59. The van der Waals surface area contributed by atoms with Crippen molar-refractivity contribution in [3.63, 3.8) is 0 Å². The van der Waals surface area contributed by atoms with Gasteiger partial charge in [-0.2, -0.15) is 0 Å². The molecule has 2 nitrogen and oxygen atoms in total. The van der Waals surface area contributed by atoms with E-state index < -0.39 is 0 Å². The van der Waals surface area contributed by atoms with Gasteiger partial charge in [-0.1, -0.05) is 25.1 Å². The summed E-state index contributed by atoms with van der Waals surface area (Å²) in [6, 6.07) is 7.78. The largest absolute Gasteiger partial charge is 0.497 e. The molecule has 1 atom stereocenters. The zero-order valence-electron chi connectivity index (χ0n) is 9.53. The molecule has 1 N–H and O–H groups in total. The van der Waals surface area contributed by atoms with Crippen molar-refractivity contribution in [1.29, 1.82) is 0 Å². The fourth-order valence-corrected chi connectivity index (χ4v) is 1.38. The van der Waals surface area contributed by atoms with E-state index in [0.717, 1.165) is 23.3 Å². The molecule has 0 aliphatic heterocycles. The summed E-state index contributed by atoms with van der Waals surface area (Å²) in [5, 5.41) is 9.60. The van der Waals surface area contributed by atoms with E-state index in [0.29, 0.717) is 0 Å². The number of hydrogen-bond acceptors (Lipinski definition) is 2. The molecule has 1 rings (SSSR count). The Bertz CT molecular complexity index is 325. The summed E-state index contributed by atoms with van der Waals surface area (Å²) in [5.41, 5.74) is 2.07. The molecule has 0 amide bonds. The first-order valence-electron chi connectivity index (χ1n) is 5.17. The zero-order valence-corrected chi connectivity index (χ0v) is 9.53. The highest BCUT2D eigenvalue weighted by molar-refractivity contribution is 5.54. The number of ether oxygens (including phenoxy) is 1. The van der Waals surface area contributed by atoms with E-state index in [9.17, 15) is 5.11 Å². The standard InChI is InChI=1S/C13H18O2/c1-4-13(14)10(2)9-11-5-7-12(15-3)8-6-11/h5-9,13-14H,4H2,1-3H3/b10-9+/t13-/m1/s1. The summed E-state index contributed by atoms with van der Waals surface area (Å²) >= 11 is 0. The minimum absolute atomic E-state index is 0.341. The predicted octanol–water partition coefficient (Wildman–Crippen LogP) is 2.87. The number of hydrogen-bond donors (Lipinski definition) is 1. The topological polar surface area (TPSA) is 29.5 Å². The Labute approximate surface area is 91.2 Å². The molecule has 0 saturated heterocycles. The third kappa shape index (κ3) is 3.40. The van der Waals surface area contributed by atoms with Crippen molar-refractivity contribution in [3.8, 4) is 5.75 Å². The van der Waals surface area contributed by atoms with E-state index in [1.54, 1.807) is 7.11 Å². The lowest BCUT2D eigenvalue weighted by atomic mass is 10.1.